The van der Waals surface area contributed by atoms with Crippen molar-refractivity contribution in [3.63, 3.8) is 0 Å². The van der Waals surface area contributed by atoms with E-state index in [1.807, 2.05) is 0 Å². The average molecular weight is 402 g/mol. The summed E-state index contributed by atoms with van der Waals surface area (Å²) in [6, 6.07) is 17.7. The van der Waals surface area contributed by atoms with Gasteiger partial charge in [-0.05, 0) is 36.2 Å². The van der Waals surface area contributed by atoms with Crippen molar-refractivity contribution in [2.75, 3.05) is 12.4 Å². The molecule has 0 unspecified atom stereocenters. The number of carbonyl (C=O) groups excluding carboxylic acids is 2. The second kappa shape index (κ2) is 7.11. The van der Waals surface area contributed by atoms with E-state index in [9.17, 15) is 19.7 Å². The molecule has 0 aliphatic heterocycles. The highest BCUT2D eigenvalue weighted by atomic mass is 16.6. The Bertz CT molecular complexity index is 1150. The molecular weight excluding hydrogens is 384 g/mol. The number of ketones is 2. The molecule has 0 radical (unpaired) electrons. The van der Waals surface area contributed by atoms with Crippen LogP contribution in [-0.4, -0.2) is 23.6 Å². The van der Waals surface area contributed by atoms with E-state index < -0.39 is 10.5 Å². The Morgan fingerprint density at radius 2 is 1.53 bits per heavy atom. The number of nitro benzene ring substituents is 1. The summed E-state index contributed by atoms with van der Waals surface area (Å²) in [6.45, 7) is 1.69. The fourth-order valence-corrected chi connectivity index (χ4v) is 3.78. The molecule has 0 aromatic heterocycles. The molecule has 7 nitrogen and oxygen atoms in total. The van der Waals surface area contributed by atoms with Gasteiger partial charge in [-0.1, -0.05) is 36.4 Å². The van der Waals surface area contributed by atoms with Gasteiger partial charge in [0.05, 0.1) is 12.0 Å². The predicted octanol–water partition coefficient (Wildman–Crippen LogP) is 4.30. The van der Waals surface area contributed by atoms with Crippen LogP contribution in [0.2, 0.25) is 0 Å². The number of carbonyl (C=O) groups is 2. The van der Waals surface area contributed by atoms with E-state index in [2.05, 4.69) is 5.32 Å². The summed E-state index contributed by atoms with van der Waals surface area (Å²) in [4.78, 5) is 37.7. The third kappa shape index (κ3) is 2.83. The van der Waals surface area contributed by atoms with Crippen molar-refractivity contribution in [3.8, 4) is 5.75 Å². The molecule has 3 aromatic rings. The third-order valence-corrected chi connectivity index (χ3v) is 5.36. The van der Waals surface area contributed by atoms with Crippen molar-refractivity contribution in [1.29, 1.82) is 0 Å². The molecule has 150 valence electrons. The lowest BCUT2D eigenvalue weighted by molar-refractivity contribution is -0.384. The van der Waals surface area contributed by atoms with Crippen molar-refractivity contribution < 1.29 is 19.2 Å². The molecule has 0 fully saturated rings. The summed E-state index contributed by atoms with van der Waals surface area (Å²) < 4.78 is 5.20. The number of benzene rings is 3. The van der Waals surface area contributed by atoms with Crippen LogP contribution in [-0.2, 0) is 5.54 Å². The van der Waals surface area contributed by atoms with Gasteiger partial charge < -0.3 is 10.1 Å². The van der Waals surface area contributed by atoms with Gasteiger partial charge in [-0.3, -0.25) is 19.7 Å². The van der Waals surface area contributed by atoms with Crippen LogP contribution < -0.4 is 10.1 Å². The zero-order chi connectivity index (χ0) is 21.5. The summed E-state index contributed by atoms with van der Waals surface area (Å²) in [5.41, 5.74) is 0.420. The van der Waals surface area contributed by atoms with Gasteiger partial charge in [0, 0.05) is 28.9 Å². The van der Waals surface area contributed by atoms with Crippen LogP contribution >= 0.6 is 0 Å². The van der Waals surface area contributed by atoms with Gasteiger partial charge >= 0.3 is 0 Å². The van der Waals surface area contributed by atoms with Crippen molar-refractivity contribution in [1.82, 2.24) is 0 Å². The minimum absolute atomic E-state index is 0.0658. The smallest absolute Gasteiger partial charge is 0.269 e. The highest BCUT2D eigenvalue weighted by molar-refractivity contribution is 6.34. The Morgan fingerprint density at radius 1 is 0.933 bits per heavy atom. The molecule has 0 bridgehead atoms. The van der Waals surface area contributed by atoms with Crippen LogP contribution in [0.4, 0.5) is 11.4 Å². The van der Waals surface area contributed by atoms with E-state index in [0.717, 1.165) is 0 Å². The highest BCUT2D eigenvalue weighted by Crippen LogP contribution is 2.41. The van der Waals surface area contributed by atoms with Gasteiger partial charge in [0.2, 0.25) is 11.6 Å². The topological polar surface area (TPSA) is 98.5 Å². The number of fused-ring (bicyclic) bond motifs is 1. The second-order valence-corrected chi connectivity index (χ2v) is 7.06. The Morgan fingerprint density at radius 3 is 2.03 bits per heavy atom. The monoisotopic (exact) mass is 402 g/mol. The van der Waals surface area contributed by atoms with Crippen LogP contribution in [0.15, 0.2) is 66.7 Å². The van der Waals surface area contributed by atoms with E-state index in [1.54, 1.807) is 55.5 Å². The number of aryl methyl sites for hydroxylation is 1. The quantitative estimate of drug-likeness (QED) is 0.388. The summed E-state index contributed by atoms with van der Waals surface area (Å²) in [5, 5.41) is 14.2. The summed E-state index contributed by atoms with van der Waals surface area (Å²) in [5.74, 6) is -0.145. The molecule has 1 N–H and O–H groups in total. The van der Waals surface area contributed by atoms with Gasteiger partial charge in [0.15, 0.2) is 5.54 Å². The maximum absolute atomic E-state index is 13.6. The van der Waals surface area contributed by atoms with Gasteiger partial charge in [-0.25, -0.2) is 0 Å². The summed E-state index contributed by atoms with van der Waals surface area (Å²) in [7, 11) is 1.53. The number of anilines is 1. The number of ether oxygens (including phenoxy) is 1. The van der Waals surface area contributed by atoms with E-state index in [-0.39, 0.29) is 17.3 Å². The molecule has 0 saturated heterocycles. The molecule has 0 amide bonds. The second-order valence-electron chi connectivity index (χ2n) is 7.06. The summed E-state index contributed by atoms with van der Waals surface area (Å²) >= 11 is 0. The van der Waals surface area contributed by atoms with Gasteiger partial charge in [-0.2, -0.15) is 0 Å². The maximum Gasteiger partial charge on any atom is 0.269 e. The minimum atomic E-state index is -1.67. The largest absolute Gasteiger partial charge is 0.497 e. The SMILES string of the molecule is COc1ccc(C2(Nc3ccc([N+](=O)[O-])cc3C)C(=O)c3ccccc3C2=O)cc1. The number of rotatable bonds is 5. The van der Waals surface area contributed by atoms with Crippen molar-refractivity contribution in [2.24, 2.45) is 0 Å². The predicted molar refractivity (Wildman–Crippen MR) is 111 cm³/mol. The zero-order valence-electron chi connectivity index (χ0n) is 16.3. The molecule has 30 heavy (non-hydrogen) atoms. The molecule has 7 heteroatoms. The number of hydrogen-bond acceptors (Lipinski definition) is 6. The first-order valence-corrected chi connectivity index (χ1v) is 9.25. The Hall–Kier alpha value is -4.00. The zero-order valence-corrected chi connectivity index (χ0v) is 16.3. The van der Waals surface area contributed by atoms with Gasteiger partial charge in [0.1, 0.15) is 5.75 Å². The normalized spacial score (nSPS) is 14.3. The Kier molecular flexibility index (Phi) is 4.58. The highest BCUT2D eigenvalue weighted by Gasteiger charge is 2.54. The van der Waals surface area contributed by atoms with Crippen molar-refractivity contribution in [2.45, 2.75) is 12.5 Å². The average Bonchev–Trinajstić information content (AvgIpc) is 2.98. The lowest BCUT2D eigenvalue weighted by Gasteiger charge is -2.30. The van der Waals surface area contributed by atoms with E-state index in [1.165, 1.54) is 25.3 Å². The number of non-ortho nitro benzene ring substituents is 1. The first-order valence-electron chi connectivity index (χ1n) is 9.25. The number of nitro groups is 1. The van der Waals surface area contributed by atoms with Crippen LogP contribution in [0, 0.1) is 17.0 Å². The fourth-order valence-electron chi connectivity index (χ4n) is 3.78. The molecule has 1 aliphatic carbocycles. The fraction of sp³-hybridized carbons (Fsp3) is 0.130. The number of hydrogen-bond donors (Lipinski definition) is 1. The van der Waals surface area contributed by atoms with Crippen LogP contribution in [0.1, 0.15) is 31.8 Å². The first-order chi connectivity index (χ1) is 14.4. The van der Waals surface area contributed by atoms with Gasteiger partial charge in [-0.15, -0.1) is 0 Å². The van der Waals surface area contributed by atoms with Gasteiger partial charge in [0.25, 0.3) is 5.69 Å². The van der Waals surface area contributed by atoms with Crippen LogP contribution in [0.5, 0.6) is 5.75 Å². The molecule has 1 aliphatic rings. The molecule has 0 atom stereocenters. The molecule has 0 heterocycles. The van der Waals surface area contributed by atoms with E-state index in [0.29, 0.717) is 33.7 Å². The third-order valence-electron chi connectivity index (χ3n) is 5.36. The van der Waals surface area contributed by atoms with Crippen molar-refractivity contribution in [3.05, 3.63) is 99.1 Å². The lowest BCUT2D eigenvalue weighted by atomic mass is 9.84. The van der Waals surface area contributed by atoms with Crippen LogP contribution in [0.25, 0.3) is 0 Å². The number of methoxy groups -OCH3 is 1. The number of nitrogens with zero attached hydrogens (tertiary/aromatic N) is 1. The Labute approximate surface area is 172 Å². The van der Waals surface area contributed by atoms with Crippen molar-refractivity contribution >= 4 is 22.9 Å². The standard InChI is InChI=1S/C23H18N2O5/c1-14-13-16(25(28)29)9-12-20(14)24-23(15-7-10-17(30-2)11-8-15)21(26)18-5-3-4-6-19(18)22(23)27/h3-13,24H,1-2H3. The molecular formula is C23H18N2O5. The lowest BCUT2D eigenvalue weighted by Crippen LogP contribution is -2.46. The number of Topliss-reactive ketones (excluding diaryl/α,β-unsaturated/α-hetero) is 2. The Balaban J connectivity index is 1.89. The number of nitrogens with one attached hydrogen (secondary N) is 1. The first kappa shape index (κ1) is 19.3. The minimum Gasteiger partial charge on any atom is -0.497 e. The molecule has 0 saturated carbocycles. The van der Waals surface area contributed by atoms with E-state index >= 15 is 0 Å². The van der Waals surface area contributed by atoms with Crippen LogP contribution in [0.3, 0.4) is 0 Å². The maximum atomic E-state index is 13.6. The summed E-state index contributed by atoms with van der Waals surface area (Å²) in [6.07, 6.45) is 0. The molecule has 4 rings (SSSR count). The molecule has 3 aromatic carbocycles. The molecule has 0 spiro atoms. The van der Waals surface area contributed by atoms with E-state index in [4.69, 9.17) is 4.74 Å².